The second kappa shape index (κ2) is 7.67. The van der Waals surface area contributed by atoms with Gasteiger partial charge in [-0.2, -0.15) is 41.3 Å². The fourth-order valence-corrected chi connectivity index (χ4v) is 2.24. The lowest BCUT2D eigenvalue weighted by Crippen LogP contribution is -2.35. The molecule has 0 saturated heterocycles. The summed E-state index contributed by atoms with van der Waals surface area (Å²) in [6.45, 7) is 1.74. The second-order valence-electron chi connectivity index (χ2n) is 6.10. The number of aromatic nitrogens is 3. The maximum atomic E-state index is 12.7. The van der Waals surface area contributed by atoms with Gasteiger partial charge in [0, 0.05) is 0 Å². The van der Waals surface area contributed by atoms with E-state index in [1.54, 1.807) is 0 Å². The van der Waals surface area contributed by atoms with Crippen molar-refractivity contribution in [2.45, 2.75) is 64.0 Å². The lowest BCUT2D eigenvalue weighted by Gasteiger charge is -2.20. The van der Waals surface area contributed by atoms with E-state index in [1.807, 2.05) is 6.08 Å². The van der Waals surface area contributed by atoms with E-state index >= 15 is 0 Å². The normalized spacial score (nSPS) is 18.1. The number of hydrogen-bond acceptors (Lipinski definition) is 5. The molecular weight excluding hydrogens is 364 g/mol. The third-order valence-electron chi connectivity index (χ3n) is 3.89. The second-order valence-corrected chi connectivity index (χ2v) is 6.10. The molecular formula is C15H19F6N5. The van der Waals surface area contributed by atoms with Gasteiger partial charge in [-0.15, -0.1) is 0 Å². The van der Waals surface area contributed by atoms with E-state index in [1.165, 1.54) is 0 Å². The minimum absolute atomic E-state index is 0.0773. The van der Waals surface area contributed by atoms with Crippen LogP contribution in [0.3, 0.4) is 0 Å². The fourth-order valence-electron chi connectivity index (χ4n) is 2.24. The third kappa shape index (κ3) is 5.46. The van der Waals surface area contributed by atoms with Crippen LogP contribution in [0.5, 0.6) is 0 Å². The zero-order valence-corrected chi connectivity index (χ0v) is 14.2. The molecule has 1 aliphatic rings. The molecule has 2 N–H and O–H groups in total. The Hall–Kier alpha value is -2.07. The summed E-state index contributed by atoms with van der Waals surface area (Å²) in [5, 5.41) is 4.16. The number of hydrogen-bond donors (Lipinski definition) is 2. The van der Waals surface area contributed by atoms with Crippen LogP contribution in [0.25, 0.3) is 5.57 Å². The number of halogens is 6. The summed E-state index contributed by atoms with van der Waals surface area (Å²) in [7, 11) is 0. The van der Waals surface area contributed by atoms with E-state index in [9.17, 15) is 26.3 Å². The highest BCUT2D eigenvalue weighted by Gasteiger charge is 2.38. The van der Waals surface area contributed by atoms with Gasteiger partial charge in [0.2, 0.25) is 11.9 Å². The molecule has 0 spiro atoms. The van der Waals surface area contributed by atoms with Gasteiger partial charge in [0.15, 0.2) is 5.82 Å². The number of alkyl halides is 6. The van der Waals surface area contributed by atoms with Crippen molar-refractivity contribution < 1.29 is 26.3 Å². The molecule has 1 aromatic rings. The standard InChI is InChI=1S/C15H19F6N5/c1-8(14(16,17)18)22-12-24-11(10-6-4-3-5-7-10)25-13(26-12)23-9(2)15(19,20)21/h6,8-9H,3-5,7H2,1-2H3,(H2,22,23,24,25,26)/t8-,9-/m1/s1. The molecule has 0 radical (unpaired) electrons. The van der Waals surface area contributed by atoms with Crippen LogP contribution in [-0.2, 0) is 0 Å². The topological polar surface area (TPSA) is 62.7 Å². The van der Waals surface area contributed by atoms with Crippen LogP contribution in [0, 0.1) is 0 Å². The number of anilines is 2. The average molecular weight is 383 g/mol. The molecule has 26 heavy (non-hydrogen) atoms. The van der Waals surface area contributed by atoms with Crippen LogP contribution in [0.2, 0.25) is 0 Å². The van der Waals surface area contributed by atoms with E-state index in [4.69, 9.17) is 0 Å². The van der Waals surface area contributed by atoms with Crippen molar-refractivity contribution in [2.75, 3.05) is 10.6 Å². The highest BCUT2D eigenvalue weighted by atomic mass is 19.4. The van der Waals surface area contributed by atoms with Crippen LogP contribution in [0.4, 0.5) is 38.2 Å². The molecule has 1 aromatic heterocycles. The predicted octanol–water partition coefficient (Wildman–Crippen LogP) is 4.55. The van der Waals surface area contributed by atoms with Crippen molar-refractivity contribution in [1.29, 1.82) is 0 Å². The van der Waals surface area contributed by atoms with Crippen LogP contribution in [-0.4, -0.2) is 39.4 Å². The average Bonchev–Trinajstić information content (AvgIpc) is 2.53. The summed E-state index contributed by atoms with van der Waals surface area (Å²) in [6.07, 6.45) is -4.10. The highest BCUT2D eigenvalue weighted by Crippen LogP contribution is 2.28. The zero-order valence-electron chi connectivity index (χ0n) is 14.2. The quantitative estimate of drug-likeness (QED) is 0.731. The molecule has 0 bridgehead atoms. The first kappa shape index (κ1) is 20.2. The molecule has 0 aliphatic heterocycles. The summed E-state index contributed by atoms with van der Waals surface area (Å²) >= 11 is 0. The van der Waals surface area contributed by atoms with Crippen molar-refractivity contribution >= 4 is 17.5 Å². The van der Waals surface area contributed by atoms with Gasteiger partial charge < -0.3 is 10.6 Å². The Kier molecular flexibility index (Phi) is 5.97. The maximum absolute atomic E-state index is 12.7. The zero-order chi connectivity index (χ0) is 19.5. The van der Waals surface area contributed by atoms with E-state index < -0.39 is 36.3 Å². The molecule has 146 valence electrons. The Labute approximate surface area is 146 Å². The molecule has 2 rings (SSSR count). The van der Waals surface area contributed by atoms with Crippen molar-refractivity contribution in [3.63, 3.8) is 0 Å². The molecule has 11 heteroatoms. The van der Waals surface area contributed by atoms with Crippen molar-refractivity contribution in [3.8, 4) is 0 Å². The summed E-state index contributed by atoms with van der Waals surface area (Å²) in [5.74, 6) is -0.778. The van der Waals surface area contributed by atoms with E-state index in [2.05, 4.69) is 25.6 Å². The Morgan fingerprint density at radius 1 is 0.846 bits per heavy atom. The third-order valence-corrected chi connectivity index (χ3v) is 3.89. The Morgan fingerprint density at radius 3 is 1.73 bits per heavy atom. The van der Waals surface area contributed by atoms with E-state index in [-0.39, 0.29) is 5.82 Å². The van der Waals surface area contributed by atoms with Crippen molar-refractivity contribution in [3.05, 3.63) is 11.9 Å². The molecule has 0 fully saturated rings. The van der Waals surface area contributed by atoms with Gasteiger partial charge in [0.05, 0.1) is 0 Å². The van der Waals surface area contributed by atoms with Gasteiger partial charge in [-0.25, -0.2) is 0 Å². The Bertz CT molecular complexity index is 615. The first-order valence-corrected chi connectivity index (χ1v) is 8.09. The Morgan fingerprint density at radius 2 is 1.35 bits per heavy atom. The summed E-state index contributed by atoms with van der Waals surface area (Å²) < 4.78 is 76.5. The number of nitrogens with one attached hydrogen (secondary N) is 2. The molecule has 1 aliphatic carbocycles. The maximum Gasteiger partial charge on any atom is 0.408 e. The number of nitrogens with zero attached hydrogens (tertiary/aromatic N) is 3. The fraction of sp³-hybridized carbons (Fsp3) is 0.667. The van der Waals surface area contributed by atoms with Crippen LogP contribution in [0.15, 0.2) is 6.08 Å². The highest BCUT2D eigenvalue weighted by molar-refractivity contribution is 5.62. The predicted molar refractivity (Wildman–Crippen MR) is 84.6 cm³/mol. The van der Waals surface area contributed by atoms with Gasteiger partial charge in [0.25, 0.3) is 0 Å². The van der Waals surface area contributed by atoms with E-state index in [0.717, 1.165) is 33.1 Å². The van der Waals surface area contributed by atoms with E-state index in [0.29, 0.717) is 12.0 Å². The monoisotopic (exact) mass is 383 g/mol. The smallest absolute Gasteiger partial charge is 0.343 e. The Balaban J connectivity index is 2.34. The number of allylic oxidation sites excluding steroid dienone is 2. The van der Waals surface area contributed by atoms with Crippen LogP contribution >= 0.6 is 0 Å². The summed E-state index contributed by atoms with van der Waals surface area (Å²) in [6, 6.07) is -3.93. The van der Waals surface area contributed by atoms with Crippen LogP contribution in [0.1, 0.15) is 45.4 Å². The van der Waals surface area contributed by atoms with Gasteiger partial charge in [-0.3, -0.25) is 0 Å². The molecule has 0 amide bonds. The summed E-state index contributed by atoms with van der Waals surface area (Å²) in [4.78, 5) is 11.6. The molecule has 0 aromatic carbocycles. The minimum Gasteiger partial charge on any atom is -0.343 e. The first-order chi connectivity index (χ1) is 12.0. The first-order valence-electron chi connectivity index (χ1n) is 8.09. The van der Waals surface area contributed by atoms with Gasteiger partial charge in [-0.05, 0) is 45.1 Å². The molecule has 0 saturated carbocycles. The summed E-state index contributed by atoms with van der Waals surface area (Å²) in [5.41, 5.74) is 0.684. The lowest BCUT2D eigenvalue weighted by molar-refractivity contribution is -0.139. The van der Waals surface area contributed by atoms with Gasteiger partial charge in [-0.1, -0.05) is 6.08 Å². The molecule has 2 atom stereocenters. The van der Waals surface area contributed by atoms with Crippen molar-refractivity contribution in [1.82, 2.24) is 15.0 Å². The molecule has 0 unspecified atom stereocenters. The molecule has 5 nitrogen and oxygen atoms in total. The SMILES string of the molecule is C[C@@H](Nc1nc(N[C@H](C)C(F)(F)F)nc(C2=CCCCC2)n1)C(F)(F)F. The van der Waals surface area contributed by atoms with Gasteiger partial charge in [0.1, 0.15) is 12.1 Å². The molecule has 1 heterocycles. The van der Waals surface area contributed by atoms with Crippen molar-refractivity contribution in [2.24, 2.45) is 0 Å². The largest absolute Gasteiger partial charge is 0.408 e. The number of rotatable bonds is 5. The lowest BCUT2D eigenvalue weighted by atomic mass is 9.99. The van der Waals surface area contributed by atoms with Gasteiger partial charge >= 0.3 is 12.4 Å². The van der Waals surface area contributed by atoms with Crippen LogP contribution < -0.4 is 10.6 Å². The minimum atomic E-state index is -4.55.